The van der Waals surface area contributed by atoms with E-state index in [1.807, 2.05) is 0 Å². The maximum absolute atomic E-state index is 5.51. The van der Waals surface area contributed by atoms with Gasteiger partial charge in [-0.05, 0) is 37.1 Å². The van der Waals surface area contributed by atoms with E-state index in [-0.39, 0.29) is 0 Å². The highest BCUT2D eigenvalue weighted by Gasteiger charge is 2.12. The summed E-state index contributed by atoms with van der Waals surface area (Å²) in [4.78, 5) is 2.44. The SMILES string of the molecule is CCNCc1ccc(N2CCCOCC2)c(C)c1. The minimum absolute atomic E-state index is 0.846. The van der Waals surface area contributed by atoms with Crippen molar-refractivity contribution in [3.8, 4) is 0 Å². The summed E-state index contributed by atoms with van der Waals surface area (Å²) in [7, 11) is 0. The van der Waals surface area contributed by atoms with Gasteiger partial charge in [0.1, 0.15) is 0 Å². The Morgan fingerprint density at radius 3 is 2.94 bits per heavy atom. The Balaban J connectivity index is 2.08. The third-order valence-corrected chi connectivity index (χ3v) is 3.40. The average Bonchev–Trinajstić information content (AvgIpc) is 2.65. The quantitative estimate of drug-likeness (QED) is 0.885. The summed E-state index contributed by atoms with van der Waals surface area (Å²) < 4.78 is 5.51. The van der Waals surface area contributed by atoms with E-state index in [9.17, 15) is 0 Å². The van der Waals surface area contributed by atoms with Crippen LogP contribution in [-0.2, 0) is 11.3 Å². The van der Waals surface area contributed by atoms with Crippen molar-refractivity contribution in [2.75, 3.05) is 37.7 Å². The molecule has 1 aromatic rings. The van der Waals surface area contributed by atoms with Gasteiger partial charge in [-0.1, -0.05) is 19.1 Å². The Morgan fingerprint density at radius 2 is 2.17 bits per heavy atom. The molecule has 18 heavy (non-hydrogen) atoms. The first-order chi connectivity index (χ1) is 8.81. The lowest BCUT2D eigenvalue weighted by Gasteiger charge is -2.24. The maximum Gasteiger partial charge on any atom is 0.0641 e. The van der Waals surface area contributed by atoms with Crippen molar-refractivity contribution in [2.24, 2.45) is 0 Å². The molecule has 1 aliphatic rings. The summed E-state index contributed by atoms with van der Waals surface area (Å²) in [5, 5.41) is 3.37. The van der Waals surface area contributed by atoms with Gasteiger partial charge in [-0.2, -0.15) is 0 Å². The van der Waals surface area contributed by atoms with Crippen LogP contribution in [0.4, 0.5) is 5.69 Å². The monoisotopic (exact) mass is 248 g/mol. The van der Waals surface area contributed by atoms with Crippen LogP contribution in [0.15, 0.2) is 18.2 Å². The fourth-order valence-corrected chi connectivity index (χ4v) is 2.44. The van der Waals surface area contributed by atoms with E-state index < -0.39 is 0 Å². The first kappa shape index (κ1) is 13.4. The van der Waals surface area contributed by atoms with Gasteiger partial charge in [-0.25, -0.2) is 0 Å². The van der Waals surface area contributed by atoms with Gasteiger partial charge >= 0.3 is 0 Å². The van der Waals surface area contributed by atoms with E-state index in [4.69, 9.17) is 4.74 Å². The molecule has 0 atom stereocenters. The highest BCUT2D eigenvalue weighted by molar-refractivity contribution is 5.54. The Morgan fingerprint density at radius 1 is 1.28 bits per heavy atom. The molecule has 0 spiro atoms. The van der Waals surface area contributed by atoms with Crippen molar-refractivity contribution in [1.29, 1.82) is 0 Å². The van der Waals surface area contributed by atoms with Gasteiger partial charge in [0.2, 0.25) is 0 Å². The number of nitrogens with one attached hydrogen (secondary N) is 1. The predicted molar refractivity (Wildman–Crippen MR) is 76.2 cm³/mol. The van der Waals surface area contributed by atoms with Gasteiger partial charge in [0, 0.05) is 31.9 Å². The van der Waals surface area contributed by atoms with Crippen molar-refractivity contribution >= 4 is 5.69 Å². The van der Waals surface area contributed by atoms with Gasteiger partial charge in [0.15, 0.2) is 0 Å². The number of nitrogens with zero attached hydrogens (tertiary/aromatic N) is 1. The second-order valence-electron chi connectivity index (χ2n) is 4.85. The molecule has 0 unspecified atom stereocenters. The second-order valence-corrected chi connectivity index (χ2v) is 4.85. The molecule has 100 valence electrons. The number of anilines is 1. The van der Waals surface area contributed by atoms with Gasteiger partial charge in [-0.15, -0.1) is 0 Å². The highest BCUT2D eigenvalue weighted by atomic mass is 16.5. The molecule has 0 saturated carbocycles. The minimum atomic E-state index is 0.846. The van der Waals surface area contributed by atoms with Crippen molar-refractivity contribution in [3.63, 3.8) is 0 Å². The van der Waals surface area contributed by atoms with Gasteiger partial charge in [0.05, 0.1) is 6.61 Å². The lowest BCUT2D eigenvalue weighted by atomic mass is 10.1. The first-order valence-corrected chi connectivity index (χ1v) is 6.94. The molecule has 0 radical (unpaired) electrons. The number of benzene rings is 1. The standard InChI is InChI=1S/C15H24N2O/c1-3-16-12-14-5-6-15(13(2)11-14)17-7-4-9-18-10-8-17/h5-6,11,16H,3-4,7-10,12H2,1-2H3. The van der Waals surface area contributed by atoms with E-state index in [1.54, 1.807) is 0 Å². The van der Waals surface area contributed by atoms with Crippen LogP contribution in [0.25, 0.3) is 0 Å². The van der Waals surface area contributed by atoms with Gasteiger partial charge < -0.3 is 15.0 Å². The maximum atomic E-state index is 5.51. The molecule has 1 aliphatic heterocycles. The summed E-state index contributed by atoms with van der Waals surface area (Å²) in [5.74, 6) is 0. The normalized spacial score (nSPS) is 16.7. The Labute approximate surface area is 110 Å². The van der Waals surface area contributed by atoms with Crippen LogP contribution in [-0.4, -0.2) is 32.8 Å². The molecule has 0 bridgehead atoms. The van der Waals surface area contributed by atoms with E-state index in [2.05, 4.69) is 42.3 Å². The smallest absolute Gasteiger partial charge is 0.0641 e. The molecule has 1 aromatic carbocycles. The fourth-order valence-electron chi connectivity index (χ4n) is 2.44. The number of ether oxygens (including phenoxy) is 1. The zero-order chi connectivity index (χ0) is 12.8. The van der Waals surface area contributed by atoms with Crippen molar-refractivity contribution in [2.45, 2.75) is 26.8 Å². The summed E-state index contributed by atoms with van der Waals surface area (Å²) in [5.41, 5.74) is 4.09. The topological polar surface area (TPSA) is 24.5 Å². The zero-order valence-electron chi connectivity index (χ0n) is 11.5. The third-order valence-electron chi connectivity index (χ3n) is 3.40. The molecule has 1 fully saturated rings. The molecule has 2 rings (SSSR count). The number of aryl methyl sites for hydroxylation is 1. The van der Waals surface area contributed by atoms with Crippen LogP contribution in [0.2, 0.25) is 0 Å². The Bertz CT molecular complexity index is 371. The zero-order valence-corrected chi connectivity index (χ0v) is 11.5. The lowest BCUT2D eigenvalue weighted by molar-refractivity contribution is 0.152. The molecule has 1 saturated heterocycles. The molecule has 1 N–H and O–H groups in total. The van der Waals surface area contributed by atoms with Crippen molar-refractivity contribution in [1.82, 2.24) is 5.32 Å². The molecule has 0 aromatic heterocycles. The van der Waals surface area contributed by atoms with E-state index in [0.717, 1.165) is 45.8 Å². The van der Waals surface area contributed by atoms with Crippen LogP contribution in [0.3, 0.4) is 0 Å². The molecular formula is C15H24N2O. The Hall–Kier alpha value is -1.06. The fraction of sp³-hybridized carbons (Fsp3) is 0.600. The second kappa shape index (κ2) is 6.76. The molecule has 3 nitrogen and oxygen atoms in total. The van der Waals surface area contributed by atoms with Crippen LogP contribution in [0.1, 0.15) is 24.5 Å². The minimum Gasteiger partial charge on any atom is -0.380 e. The van der Waals surface area contributed by atoms with Crippen LogP contribution in [0, 0.1) is 6.92 Å². The summed E-state index contributed by atoms with van der Waals surface area (Å²) in [6.07, 6.45) is 1.12. The third kappa shape index (κ3) is 3.47. The summed E-state index contributed by atoms with van der Waals surface area (Å²) >= 11 is 0. The van der Waals surface area contributed by atoms with E-state index >= 15 is 0 Å². The highest BCUT2D eigenvalue weighted by Crippen LogP contribution is 2.22. The number of hydrogen-bond donors (Lipinski definition) is 1. The molecule has 1 heterocycles. The molecule has 0 aliphatic carbocycles. The predicted octanol–water partition coefficient (Wildman–Crippen LogP) is 2.33. The van der Waals surface area contributed by atoms with Crippen molar-refractivity contribution in [3.05, 3.63) is 29.3 Å². The summed E-state index contributed by atoms with van der Waals surface area (Å²) in [6, 6.07) is 6.79. The van der Waals surface area contributed by atoms with Crippen LogP contribution < -0.4 is 10.2 Å². The van der Waals surface area contributed by atoms with Gasteiger partial charge in [-0.3, -0.25) is 0 Å². The molecular weight excluding hydrogens is 224 g/mol. The van der Waals surface area contributed by atoms with Gasteiger partial charge in [0.25, 0.3) is 0 Å². The number of hydrogen-bond acceptors (Lipinski definition) is 3. The van der Waals surface area contributed by atoms with Crippen molar-refractivity contribution < 1.29 is 4.74 Å². The molecule has 3 heteroatoms. The first-order valence-electron chi connectivity index (χ1n) is 6.94. The van der Waals surface area contributed by atoms with E-state index in [1.165, 1.54) is 16.8 Å². The summed E-state index contributed by atoms with van der Waals surface area (Å²) in [6.45, 7) is 10.2. The number of rotatable bonds is 4. The van der Waals surface area contributed by atoms with Crippen LogP contribution in [0.5, 0.6) is 0 Å². The van der Waals surface area contributed by atoms with E-state index in [0.29, 0.717) is 0 Å². The van der Waals surface area contributed by atoms with Crippen LogP contribution >= 0.6 is 0 Å². The largest absolute Gasteiger partial charge is 0.380 e. The average molecular weight is 248 g/mol. The lowest BCUT2D eigenvalue weighted by Crippen LogP contribution is -2.26. The Kier molecular flexibility index (Phi) is 5.02. The molecule has 0 amide bonds.